The molecule has 0 aliphatic rings. The minimum Gasteiger partial charge on any atom is -0.462 e. The normalized spacial score (nSPS) is 13.9. The summed E-state index contributed by atoms with van der Waals surface area (Å²) in [5.41, 5.74) is 0. The quantitative estimate of drug-likeness (QED) is 0.0222. The smallest absolute Gasteiger partial charge is 0.462 e. The Morgan fingerprint density at radius 3 is 0.716 bits per heavy atom. The van der Waals surface area contributed by atoms with Gasteiger partial charge in [0.15, 0.2) is 12.2 Å². The highest BCUT2D eigenvalue weighted by Gasteiger charge is 2.30. The second kappa shape index (κ2) is 69.2. The summed E-state index contributed by atoms with van der Waals surface area (Å²) in [5, 5.41) is 10.6. The SMILES string of the molecule is CCCCCCCCCCCCCCCC(=O)OC[C@H](COP(=O)(O)OC[C@@H](O)COP(=O)(O)OC[C@@H](COC(=O)CCCCCCCCCCCCC)OC(=O)CCCCCCCCCCCCCCC)OC(=O)CCCCCCCCCCCCCCCCCC(C)C. The van der Waals surface area contributed by atoms with Gasteiger partial charge in [0.1, 0.15) is 19.3 Å². The van der Waals surface area contributed by atoms with Gasteiger partial charge < -0.3 is 33.8 Å². The lowest BCUT2D eigenvalue weighted by Gasteiger charge is -2.21. The summed E-state index contributed by atoms with van der Waals surface area (Å²) in [7, 11) is -9.91. The molecule has 19 heteroatoms. The van der Waals surface area contributed by atoms with Crippen LogP contribution in [0.25, 0.3) is 0 Å². The van der Waals surface area contributed by atoms with Crippen molar-refractivity contribution in [3.05, 3.63) is 0 Å². The van der Waals surface area contributed by atoms with Crippen LogP contribution in [0.5, 0.6) is 0 Å². The fraction of sp³-hybridized carbons (Fsp3) is 0.947. The number of carbonyl (C=O) groups excluding carboxylic acids is 4. The van der Waals surface area contributed by atoms with Gasteiger partial charge in [-0.15, -0.1) is 0 Å². The maximum atomic E-state index is 13.1. The van der Waals surface area contributed by atoms with E-state index in [1.807, 2.05) is 0 Å². The zero-order valence-corrected chi connectivity index (χ0v) is 63.6. The Kier molecular flexibility index (Phi) is 67.7. The average Bonchev–Trinajstić information content (AvgIpc) is 1.48. The van der Waals surface area contributed by atoms with Crippen LogP contribution in [-0.4, -0.2) is 96.7 Å². The molecule has 0 fully saturated rings. The Bertz CT molecular complexity index is 1820. The van der Waals surface area contributed by atoms with Gasteiger partial charge in [0.2, 0.25) is 0 Å². The summed E-state index contributed by atoms with van der Waals surface area (Å²) in [6.07, 6.45) is 58.0. The highest BCUT2D eigenvalue weighted by molar-refractivity contribution is 7.47. The van der Waals surface area contributed by atoms with E-state index in [1.54, 1.807) is 0 Å². The second-order valence-corrected chi connectivity index (χ2v) is 30.8. The summed E-state index contributed by atoms with van der Waals surface area (Å²) in [5.74, 6) is -1.31. The number of carbonyl (C=O) groups is 4. The molecule has 17 nitrogen and oxygen atoms in total. The fourth-order valence-electron chi connectivity index (χ4n) is 11.7. The fourth-order valence-corrected chi connectivity index (χ4v) is 13.3. The van der Waals surface area contributed by atoms with E-state index in [0.29, 0.717) is 25.7 Å². The van der Waals surface area contributed by atoms with E-state index < -0.39 is 97.5 Å². The van der Waals surface area contributed by atoms with Crippen LogP contribution in [0.1, 0.15) is 401 Å². The van der Waals surface area contributed by atoms with Gasteiger partial charge in [0, 0.05) is 25.7 Å². The number of phosphoric acid groups is 2. The molecule has 0 amide bonds. The van der Waals surface area contributed by atoms with Crippen molar-refractivity contribution in [2.45, 2.75) is 419 Å². The monoisotopic (exact) mass is 1400 g/mol. The zero-order valence-electron chi connectivity index (χ0n) is 61.8. The highest BCUT2D eigenvalue weighted by Crippen LogP contribution is 2.45. The van der Waals surface area contributed by atoms with Gasteiger partial charge in [-0.05, 0) is 31.6 Å². The van der Waals surface area contributed by atoms with Crippen molar-refractivity contribution in [1.29, 1.82) is 0 Å². The first-order chi connectivity index (χ1) is 46.0. The summed E-state index contributed by atoms with van der Waals surface area (Å²) in [4.78, 5) is 72.8. The highest BCUT2D eigenvalue weighted by atomic mass is 31.2. The maximum Gasteiger partial charge on any atom is 0.472 e. The number of hydrogen-bond donors (Lipinski definition) is 3. The number of hydrogen-bond acceptors (Lipinski definition) is 15. The standard InChI is InChI=1S/C76H148O17P2/c1-6-9-12-15-18-21-24-29-35-40-45-50-55-60-74(79)87-66-72(93-76(81)62-57-52-47-42-37-32-28-26-27-31-34-38-43-48-53-58-69(4)5)68-91-95(84,85)89-64-70(77)63-88-94(82,83)90-67-71(65-86-73(78)59-54-49-44-39-33-23-20-17-14-11-8-3)92-75(80)61-56-51-46-41-36-30-25-22-19-16-13-10-7-2/h69-72,77H,6-68H2,1-5H3,(H,82,83)(H,84,85)/t70-,71+,72+/m0/s1. The number of unbranched alkanes of at least 4 members (excludes halogenated alkanes) is 48. The molecule has 0 aromatic heterocycles. The zero-order chi connectivity index (χ0) is 69.8. The molecule has 0 spiro atoms. The predicted octanol–water partition coefficient (Wildman–Crippen LogP) is 22.5. The number of rotatable bonds is 76. The van der Waals surface area contributed by atoms with E-state index in [1.165, 1.54) is 225 Å². The number of aliphatic hydroxyl groups is 1. The molecule has 0 aromatic carbocycles. The molecule has 0 rings (SSSR count). The third-order valence-corrected chi connectivity index (χ3v) is 19.7. The van der Waals surface area contributed by atoms with Crippen molar-refractivity contribution in [1.82, 2.24) is 0 Å². The number of aliphatic hydroxyl groups excluding tert-OH is 1. The average molecular weight is 1400 g/mol. The first-order valence-corrected chi connectivity index (χ1v) is 42.6. The maximum absolute atomic E-state index is 13.1. The van der Waals surface area contributed by atoms with E-state index in [0.717, 1.165) is 95.8 Å². The van der Waals surface area contributed by atoms with E-state index in [2.05, 4.69) is 34.6 Å². The van der Waals surface area contributed by atoms with Crippen molar-refractivity contribution in [3.63, 3.8) is 0 Å². The molecule has 0 radical (unpaired) electrons. The van der Waals surface area contributed by atoms with Crippen LogP contribution in [0, 0.1) is 5.92 Å². The van der Waals surface area contributed by atoms with Crippen molar-refractivity contribution in [3.8, 4) is 0 Å². The third-order valence-electron chi connectivity index (χ3n) is 17.8. The molecule has 0 bridgehead atoms. The first kappa shape index (κ1) is 93.1. The summed E-state index contributed by atoms with van der Waals surface area (Å²) in [6.45, 7) is 7.32. The lowest BCUT2D eigenvalue weighted by molar-refractivity contribution is -0.161. The Morgan fingerprint density at radius 2 is 0.484 bits per heavy atom. The Labute approximate surface area is 581 Å². The van der Waals surface area contributed by atoms with Gasteiger partial charge in [0.25, 0.3) is 0 Å². The minimum atomic E-state index is -4.96. The summed E-state index contributed by atoms with van der Waals surface area (Å²) >= 11 is 0. The van der Waals surface area contributed by atoms with Crippen LogP contribution in [0.15, 0.2) is 0 Å². The molecule has 0 aliphatic carbocycles. The summed E-state index contributed by atoms with van der Waals surface area (Å²) < 4.78 is 68.5. The first-order valence-electron chi connectivity index (χ1n) is 39.6. The topological polar surface area (TPSA) is 237 Å². The lowest BCUT2D eigenvalue weighted by atomic mass is 10.0. The largest absolute Gasteiger partial charge is 0.472 e. The molecule has 0 aliphatic heterocycles. The molecule has 564 valence electrons. The van der Waals surface area contributed by atoms with Crippen LogP contribution in [0.4, 0.5) is 0 Å². The number of phosphoric ester groups is 2. The van der Waals surface area contributed by atoms with Crippen LogP contribution in [0.2, 0.25) is 0 Å². The lowest BCUT2D eigenvalue weighted by Crippen LogP contribution is -2.30. The molecular formula is C76H148O17P2. The van der Waals surface area contributed by atoms with Gasteiger partial charge in [-0.1, -0.05) is 349 Å². The van der Waals surface area contributed by atoms with Gasteiger partial charge >= 0.3 is 39.5 Å². The molecule has 0 aromatic rings. The van der Waals surface area contributed by atoms with E-state index in [-0.39, 0.29) is 25.7 Å². The van der Waals surface area contributed by atoms with Gasteiger partial charge in [-0.25, -0.2) is 9.13 Å². The number of esters is 4. The molecular weight excluding hydrogens is 1250 g/mol. The summed E-state index contributed by atoms with van der Waals surface area (Å²) in [6, 6.07) is 0. The third kappa shape index (κ3) is 70.3. The predicted molar refractivity (Wildman–Crippen MR) is 386 cm³/mol. The molecule has 3 N–H and O–H groups in total. The van der Waals surface area contributed by atoms with Crippen LogP contribution in [-0.2, 0) is 65.4 Å². The Morgan fingerprint density at radius 1 is 0.284 bits per heavy atom. The Hall–Kier alpha value is -1.94. The van der Waals surface area contributed by atoms with Crippen molar-refractivity contribution in [2.75, 3.05) is 39.6 Å². The van der Waals surface area contributed by atoms with Crippen LogP contribution >= 0.6 is 15.6 Å². The Balaban J connectivity index is 5.24. The van der Waals surface area contributed by atoms with Crippen LogP contribution in [0.3, 0.4) is 0 Å². The van der Waals surface area contributed by atoms with E-state index in [9.17, 15) is 43.2 Å². The van der Waals surface area contributed by atoms with Crippen molar-refractivity contribution in [2.24, 2.45) is 5.92 Å². The molecule has 5 atom stereocenters. The molecule has 0 saturated carbocycles. The van der Waals surface area contributed by atoms with Crippen molar-refractivity contribution < 1.29 is 80.2 Å². The van der Waals surface area contributed by atoms with Crippen LogP contribution < -0.4 is 0 Å². The van der Waals surface area contributed by atoms with Crippen molar-refractivity contribution >= 4 is 39.5 Å². The van der Waals surface area contributed by atoms with Gasteiger partial charge in [0.05, 0.1) is 26.4 Å². The molecule has 2 unspecified atom stereocenters. The van der Waals surface area contributed by atoms with Gasteiger partial charge in [-0.3, -0.25) is 37.3 Å². The number of ether oxygens (including phenoxy) is 4. The van der Waals surface area contributed by atoms with E-state index in [4.69, 9.17) is 37.0 Å². The second-order valence-electron chi connectivity index (χ2n) is 27.9. The molecule has 0 saturated heterocycles. The molecule has 95 heavy (non-hydrogen) atoms. The van der Waals surface area contributed by atoms with E-state index >= 15 is 0 Å². The molecule has 0 heterocycles. The van der Waals surface area contributed by atoms with Gasteiger partial charge in [-0.2, -0.15) is 0 Å². The minimum absolute atomic E-state index is 0.108.